The molecule has 0 heterocycles. The van der Waals surface area contributed by atoms with Gasteiger partial charge in [-0.05, 0) is 118 Å². The number of esters is 3. The van der Waals surface area contributed by atoms with Crippen LogP contribution in [0.4, 0.5) is 13.2 Å². The standard InChI is InChI=1S/C20H27NO3.C16H17NO5.C11H19NO.C10H16N2O.C7H8F3NO2/c1-13(2)9-16-5-7-17(8-6-16)14(3)18(23)24-20-10-19(11-20,12-20)21-15(4)22;1-10(18)17-15-7-16(8-15,9-15)22-14(20)12-5-3-4-6-13(12)21-11(2)19;1-8(13)12-11-5-10(6-11,7-11)9(2,3)4;1-7(2)11-9-4-10(5-9,6-9)12-8(3)13;8-7(9,10)4(12)11-5-1-6(13,2-5)3-5/h5-8,13-14H,9-12H2,1-4H3,(H,21,22);3-6H,7-9H2,1-2H3,(H,17,18);5-7H2,1-4H3,(H,12,13);11H,1,4-6H2,2-3H3,(H,12,13);13H,1-3H2,(H,11,12). The number of allylic oxidation sites excluding steroid dienone is 1. The number of halogens is 3. The summed E-state index contributed by atoms with van der Waals surface area (Å²) in [5.74, 6) is -2.37. The van der Waals surface area contributed by atoms with E-state index in [4.69, 9.17) is 14.2 Å². The zero-order chi connectivity index (χ0) is 63.0. The maximum Gasteiger partial charge on any atom is 0.471 e. The minimum atomic E-state index is -4.82. The Bertz CT molecular complexity index is 2910. The molecule has 15 aliphatic rings. The molecule has 5 amide bonds. The van der Waals surface area contributed by atoms with Crippen molar-refractivity contribution in [2.24, 2.45) is 16.7 Å². The summed E-state index contributed by atoms with van der Waals surface area (Å²) in [6.45, 7) is 26.5. The highest BCUT2D eigenvalue weighted by molar-refractivity contribution is 5.94. The fraction of sp³-hybridized carbons (Fsp3) is 0.656. The van der Waals surface area contributed by atoms with Crippen LogP contribution in [0.3, 0.4) is 0 Å². The van der Waals surface area contributed by atoms with Gasteiger partial charge < -0.3 is 51.2 Å². The average Bonchev–Trinajstić information content (AvgIpc) is 1.72. The maximum absolute atomic E-state index is 12.5. The second kappa shape index (κ2) is 22.0. The SMILES string of the molecule is C=C(C)NC12CC(NC(C)=O)(C1)C2.CC(=O)NC12CC(C(C)(C)C)(C1)C2.CC(=O)NC12CC(OC(=O)C(C)c3ccc(CC(C)C)cc3)(C1)C2.CC(=O)NC12CC(OC(=O)c3ccccc3OC(C)=O)(C1)C2.O=C(NC12CC(O)(C1)C2)C(F)(F)F. The Kier molecular flexibility index (Phi) is 16.7. The lowest BCUT2D eigenvalue weighted by Crippen LogP contribution is -2.82. The van der Waals surface area contributed by atoms with E-state index >= 15 is 0 Å². The summed E-state index contributed by atoms with van der Waals surface area (Å²) in [6, 6.07) is 14.8. The third-order valence-corrected chi connectivity index (χ3v) is 19.0. The van der Waals surface area contributed by atoms with Crippen molar-refractivity contribution in [3.05, 3.63) is 77.5 Å². The number of nitrogens with one attached hydrogen (secondary N) is 6. The molecule has 15 aliphatic carbocycles. The number of aliphatic hydroxyl groups is 1. The van der Waals surface area contributed by atoms with E-state index in [9.17, 15) is 56.6 Å². The number of hydrogen-bond acceptors (Lipinski definition) is 13. The minimum Gasteiger partial charge on any atom is -0.458 e. The molecule has 0 aromatic heterocycles. The van der Waals surface area contributed by atoms with Gasteiger partial charge in [-0.3, -0.25) is 33.6 Å². The molecule has 1 atom stereocenters. The van der Waals surface area contributed by atoms with Crippen molar-refractivity contribution < 1.29 is 70.8 Å². The van der Waals surface area contributed by atoms with Gasteiger partial charge in [-0.1, -0.05) is 77.6 Å². The summed E-state index contributed by atoms with van der Waals surface area (Å²) in [5.41, 5.74) is 2.45. The lowest BCUT2D eigenvalue weighted by Gasteiger charge is -2.75. The molecule has 0 aliphatic heterocycles. The quantitative estimate of drug-likeness (QED) is 0.0656. The van der Waals surface area contributed by atoms with Crippen molar-refractivity contribution in [1.82, 2.24) is 31.9 Å². The van der Waals surface area contributed by atoms with Crippen molar-refractivity contribution in [3.8, 4) is 5.75 Å². The predicted molar refractivity (Wildman–Crippen MR) is 308 cm³/mol. The van der Waals surface area contributed by atoms with Crippen molar-refractivity contribution in [3.63, 3.8) is 0 Å². The normalized spacial score (nSPS) is 34.2. The number of carbonyl (C=O) groups excluding carboxylic acids is 8. The molecule has 15 saturated carbocycles. The van der Waals surface area contributed by atoms with E-state index in [2.05, 4.69) is 79.9 Å². The monoisotopic (exact) mass is 1190 g/mol. The first-order valence-electron chi connectivity index (χ1n) is 29.6. The van der Waals surface area contributed by atoms with Crippen LogP contribution in [0.2, 0.25) is 0 Å². The summed E-state index contributed by atoms with van der Waals surface area (Å²) in [7, 11) is 0. The van der Waals surface area contributed by atoms with E-state index < -0.39 is 40.8 Å². The van der Waals surface area contributed by atoms with Gasteiger partial charge in [0, 0.05) is 101 Å². The second-order valence-electron chi connectivity index (χ2n) is 29.0. The molecule has 21 heteroatoms. The molecule has 466 valence electrons. The molecule has 2 aromatic rings. The molecule has 17 rings (SSSR count). The Hall–Kier alpha value is -6.51. The van der Waals surface area contributed by atoms with Gasteiger partial charge in [0.1, 0.15) is 22.5 Å². The highest BCUT2D eigenvalue weighted by Crippen LogP contribution is 2.74. The predicted octanol–water partition coefficient (Wildman–Crippen LogP) is 8.27. The van der Waals surface area contributed by atoms with Gasteiger partial charge in [-0.2, -0.15) is 13.2 Å². The molecule has 0 spiro atoms. The summed E-state index contributed by atoms with van der Waals surface area (Å²) >= 11 is 0. The van der Waals surface area contributed by atoms with E-state index in [0.29, 0.717) is 36.0 Å². The van der Waals surface area contributed by atoms with Crippen molar-refractivity contribution in [1.29, 1.82) is 0 Å². The Morgan fingerprint density at radius 1 is 0.553 bits per heavy atom. The molecule has 15 fully saturated rings. The zero-order valence-electron chi connectivity index (χ0n) is 51.4. The van der Waals surface area contributed by atoms with Crippen LogP contribution >= 0.6 is 0 Å². The first kappa shape index (κ1) is 64.5. The largest absolute Gasteiger partial charge is 0.471 e. The van der Waals surface area contributed by atoms with Gasteiger partial charge in [0.05, 0.1) is 22.6 Å². The molecule has 2 aromatic carbocycles. The number of para-hydroxylation sites is 1. The topological polar surface area (TPSA) is 257 Å². The zero-order valence-corrected chi connectivity index (χ0v) is 51.4. The fourth-order valence-electron chi connectivity index (χ4n) is 15.7. The molecule has 7 N–H and O–H groups in total. The van der Waals surface area contributed by atoms with Crippen LogP contribution < -0.4 is 36.6 Å². The first-order chi connectivity index (χ1) is 39.0. The molecule has 0 radical (unpaired) electrons. The lowest BCUT2D eigenvalue weighted by atomic mass is 9.33. The molecule has 18 nitrogen and oxygen atoms in total. The summed E-state index contributed by atoms with van der Waals surface area (Å²) < 4.78 is 51.7. The van der Waals surface area contributed by atoms with Gasteiger partial charge in [-0.25, -0.2) is 4.79 Å². The number of alkyl halides is 3. The smallest absolute Gasteiger partial charge is 0.458 e. The number of ether oxygens (including phenoxy) is 3. The fourth-order valence-corrected chi connectivity index (χ4v) is 15.7. The van der Waals surface area contributed by atoms with E-state index in [1.807, 2.05) is 31.3 Å². The van der Waals surface area contributed by atoms with E-state index in [1.54, 1.807) is 38.1 Å². The van der Waals surface area contributed by atoms with E-state index in [-0.39, 0.29) is 99.4 Å². The molecule has 0 saturated heterocycles. The van der Waals surface area contributed by atoms with Crippen molar-refractivity contribution >= 4 is 47.4 Å². The summed E-state index contributed by atoms with van der Waals surface area (Å²) in [5, 5.41) is 26.5. The van der Waals surface area contributed by atoms with Gasteiger partial charge in [-0.15, -0.1) is 0 Å². The van der Waals surface area contributed by atoms with Gasteiger partial charge in [0.25, 0.3) is 0 Å². The highest BCUT2D eigenvalue weighted by atomic mass is 19.4. The molecular weight excluding hydrogens is 1100 g/mol. The number of amides is 5. The van der Waals surface area contributed by atoms with Crippen LogP contribution in [0.25, 0.3) is 0 Å². The number of carbonyl (C=O) groups is 8. The van der Waals surface area contributed by atoms with Gasteiger partial charge in [0.2, 0.25) is 23.6 Å². The van der Waals surface area contributed by atoms with E-state index in [0.717, 1.165) is 56.2 Å². The molecule has 1 unspecified atom stereocenters. The maximum atomic E-state index is 12.5. The number of rotatable bonds is 15. The van der Waals surface area contributed by atoms with Crippen LogP contribution in [0.5, 0.6) is 5.75 Å². The third-order valence-electron chi connectivity index (χ3n) is 19.0. The molecular formula is C64H87F3N6O12. The lowest BCUT2D eigenvalue weighted by molar-refractivity contribution is -0.243. The van der Waals surface area contributed by atoms with Crippen LogP contribution in [0.1, 0.15) is 207 Å². The molecule has 10 bridgehead atoms. The second-order valence-corrected chi connectivity index (χ2v) is 29.0. The van der Waals surface area contributed by atoms with Crippen LogP contribution in [0.15, 0.2) is 60.8 Å². The average molecular weight is 1190 g/mol. The van der Waals surface area contributed by atoms with Gasteiger partial charge in [0.15, 0.2) is 0 Å². The Morgan fingerprint density at radius 2 is 0.953 bits per heavy atom. The van der Waals surface area contributed by atoms with E-state index in [1.165, 1.54) is 45.6 Å². The number of hydrogen-bond donors (Lipinski definition) is 7. The Morgan fingerprint density at radius 3 is 1.34 bits per heavy atom. The van der Waals surface area contributed by atoms with Crippen LogP contribution in [-0.4, -0.2) is 109 Å². The van der Waals surface area contributed by atoms with Crippen LogP contribution in [-0.2, 0) is 49.5 Å². The summed E-state index contributed by atoms with van der Waals surface area (Å²) in [6.07, 6.45) is 7.95. The van der Waals surface area contributed by atoms with Gasteiger partial charge >= 0.3 is 30.0 Å². The third kappa shape index (κ3) is 13.7. The Balaban J connectivity index is 0.000000142. The highest BCUT2D eigenvalue weighted by Gasteiger charge is 2.74. The minimum absolute atomic E-state index is 0.00974. The van der Waals surface area contributed by atoms with Crippen molar-refractivity contribution in [2.45, 2.75) is 248 Å². The number of benzene rings is 2. The summed E-state index contributed by atoms with van der Waals surface area (Å²) in [4.78, 5) is 90.4. The van der Waals surface area contributed by atoms with Crippen LogP contribution in [0, 0.1) is 16.7 Å². The van der Waals surface area contributed by atoms with Crippen molar-refractivity contribution in [2.75, 3.05) is 0 Å². The first-order valence-corrected chi connectivity index (χ1v) is 29.6. The molecule has 85 heavy (non-hydrogen) atoms. The Labute approximate surface area is 496 Å².